The topological polar surface area (TPSA) is 49.3 Å². The van der Waals surface area contributed by atoms with Crippen LogP contribution in [-0.2, 0) is 12.8 Å². The quantitative estimate of drug-likeness (QED) is 0.834. The molecule has 3 nitrogen and oxygen atoms in total. The Kier molecular flexibility index (Phi) is 3.79. The van der Waals surface area contributed by atoms with E-state index in [0.29, 0.717) is 5.56 Å². The van der Waals surface area contributed by atoms with Gasteiger partial charge in [-0.2, -0.15) is 0 Å². The Hall–Kier alpha value is -1.35. The molecule has 0 aromatic heterocycles. The van der Waals surface area contributed by atoms with E-state index in [1.165, 1.54) is 24.0 Å². The maximum atomic E-state index is 11.9. The fourth-order valence-corrected chi connectivity index (χ4v) is 2.23. The van der Waals surface area contributed by atoms with E-state index in [2.05, 4.69) is 11.4 Å². The van der Waals surface area contributed by atoms with Crippen molar-refractivity contribution < 1.29 is 9.90 Å². The minimum Gasteiger partial charge on any atom is -0.394 e. The molecule has 1 aliphatic carbocycles. The zero-order valence-electron chi connectivity index (χ0n) is 10.2. The Balaban J connectivity index is 2.13. The van der Waals surface area contributed by atoms with Gasteiger partial charge in [0.25, 0.3) is 5.91 Å². The van der Waals surface area contributed by atoms with E-state index < -0.39 is 0 Å². The largest absolute Gasteiger partial charge is 0.394 e. The molecule has 2 N–H and O–H groups in total. The molecule has 0 heterocycles. The number of carbonyl (C=O) groups is 1. The molecule has 3 heteroatoms. The number of carbonyl (C=O) groups excluding carboxylic acids is 1. The summed E-state index contributed by atoms with van der Waals surface area (Å²) in [7, 11) is 0. The van der Waals surface area contributed by atoms with Crippen LogP contribution in [0.15, 0.2) is 18.2 Å². The van der Waals surface area contributed by atoms with Crippen LogP contribution in [0.25, 0.3) is 0 Å². The summed E-state index contributed by atoms with van der Waals surface area (Å²) in [5.74, 6) is -0.0973. The Labute approximate surface area is 102 Å². The van der Waals surface area contributed by atoms with E-state index >= 15 is 0 Å². The fraction of sp³-hybridized carbons (Fsp3) is 0.500. The van der Waals surface area contributed by atoms with Gasteiger partial charge in [-0.3, -0.25) is 4.79 Å². The van der Waals surface area contributed by atoms with E-state index in [0.717, 1.165) is 12.8 Å². The van der Waals surface area contributed by atoms with E-state index in [9.17, 15) is 4.79 Å². The summed E-state index contributed by atoms with van der Waals surface area (Å²) in [6.07, 6.45) is 4.67. The van der Waals surface area contributed by atoms with Crippen LogP contribution in [0, 0.1) is 0 Å². The average molecular weight is 233 g/mol. The zero-order chi connectivity index (χ0) is 12.3. The van der Waals surface area contributed by atoms with Crippen molar-refractivity contribution in [1.29, 1.82) is 0 Å². The van der Waals surface area contributed by atoms with Gasteiger partial charge < -0.3 is 10.4 Å². The number of fused-ring (bicyclic) bond motifs is 1. The summed E-state index contributed by atoms with van der Waals surface area (Å²) in [4.78, 5) is 11.9. The molecule has 1 amide bonds. The van der Waals surface area contributed by atoms with Gasteiger partial charge in [0.2, 0.25) is 0 Å². The van der Waals surface area contributed by atoms with Gasteiger partial charge in [-0.15, -0.1) is 0 Å². The van der Waals surface area contributed by atoms with Crippen LogP contribution in [0.4, 0.5) is 0 Å². The van der Waals surface area contributed by atoms with Gasteiger partial charge in [-0.05, 0) is 55.9 Å². The van der Waals surface area contributed by atoms with Crippen molar-refractivity contribution in [2.75, 3.05) is 6.61 Å². The van der Waals surface area contributed by atoms with Crippen molar-refractivity contribution in [3.63, 3.8) is 0 Å². The number of hydrogen-bond acceptors (Lipinski definition) is 2. The SMILES string of the molecule is C[C@H](CO)NC(=O)c1ccc2c(c1)CCCC2. The van der Waals surface area contributed by atoms with Gasteiger partial charge in [-0.1, -0.05) is 6.07 Å². The first-order chi connectivity index (χ1) is 8.20. The van der Waals surface area contributed by atoms with Crippen molar-refractivity contribution in [2.45, 2.75) is 38.6 Å². The summed E-state index contributed by atoms with van der Waals surface area (Å²) in [5, 5.41) is 11.7. The third-order valence-electron chi connectivity index (χ3n) is 3.26. The molecular formula is C14H19NO2. The standard InChI is InChI=1S/C14H19NO2/c1-10(9-16)15-14(17)13-7-6-11-4-2-3-5-12(11)8-13/h6-8,10,16H,2-5,9H2,1H3,(H,15,17)/t10-/m1/s1. The molecule has 92 valence electrons. The summed E-state index contributed by atoms with van der Waals surface area (Å²) >= 11 is 0. The number of amides is 1. The molecule has 0 fully saturated rings. The predicted molar refractivity (Wildman–Crippen MR) is 67.1 cm³/mol. The van der Waals surface area contributed by atoms with Gasteiger partial charge in [0.15, 0.2) is 0 Å². The number of aliphatic hydroxyl groups is 1. The van der Waals surface area contributed by atoms with Crippen LogP contribution in [0.3, 0.4) is 0 Å². The van der Waals surface area contributed by atoms with Crippen molar-refractivity contribution >= 4 is 5.91 Å². The number of benzene rings is 1. The number of aryl methyl sites for hydroxylation is 2. The highest BCUT2D eigenvalue weighted by atomic mass is 16.3. The third kappa shape index (κ3) is 2.86. The molecule has 17 heavy (non-hydrogen) atoms. The predicted octanol–water partition coefficient (Wildman–Crippen LogP) is 1.68. The molecule has 1 aromatic carbocycles. The molecule has 0 aliphatic heterocycles. The van der Waals surface area contributed by atoms with Crippen molar-refractivity contribution in [3.05, 3.63) is 34.9 Å². The van der Waals surface area contributed by atoms with Gasteiger partial charge in [0.05, 0.1) is 6.61 Å². The minimum atomic E-state index is -0.196. The first-order valence-corrected chi connectivity index (χ1v) is 6.24. The van der Waals surface area contributed by atoms with E-state index in [-0.39, 0.29) is 18.6 Å². The maximum Gasteiger partial charge on any atom is 0.251 e. The number of aliphatic hydroxyl groups excluding tert-OH is 1. The highest BCUT2D eigenvalue weighted by Gasteiger charge is 2.13. The molecule has 1 atom stereocenters. The van der Waals surface area contributed by atoms with Crippen LogP contribution in [0.5, 0.6) is 0 Å². The van der Waals surface area contributed by atoms with Crippen LogP contribution < -0.4 is 5.32 Å². The lowest BCUT2D eigenvalue weighted by molar-refractivity contribution is 0.0922. The number of rotatable bonds is 3. The van der Waals surface area contributed by atoms with Gasteiger partial charge >= 0.3 is 0 Å². The highest BCUT2D eigenvalue weighted by Crippen LogP contribution is 2.22. The molecule has 0 spiro atoms. The number of hydrogen-bond donors (Lipinski definition) is 2. The minimum absolute atomic E-state index is 0.0311. The molecular weight excluding hydrogens is 214 g/mol. The molecule has 1 aliphatic rings. The van der Waals surface area contributed by atoms with E-state index in [1.54, 1.807) is 6.92 Å². The zero-order valence-corrected chi connectivity index (χ0v) is 10.2. The molecule has 2 rings (SSSR count). The van der Waals surface area contributed by atoms with Crippen LogP contribution in [-0.4, -0.2) is 23.7 Å². The monoisotopic (exact) mass is 233 g/mol. The lowest BCUT2D eigenvalue weighted by atomic mass is 9.90. The molecule has 0 bridgehead atoms. The van der Waals surface area contributed by atoms with Gasteiger partial charge in [0, 0.05) is 11.6 Å². The first kappa shape index (κ1) is 12.1. The summed E-state index contributed by atoms with van der Waals surface area (Å²) < 4.78 is 0. The lowest BCUT2D eigenvalue weighted by Crippen LogP contribution is -2.35. The smallest absolute Gasteiger partial charge is 0.251 e. The summed E-state index contributed by atoms with van der Waals surface area (Å²) in [5.41, 5.74) is 3.38. The first-order valence-electron chi connectivity index (χ1n) is 6.24. The Morgan fingerprint density at radius 3 is 2.76 bits per heavy atom. The van der Waals surface area contributed by atoms with Crippen LogP contribution >= 0.6 is 0 Å². The van der Waals surface area contributed by atoms with Crippen LogP contribution in [0.2, 0.25) is 0 Å². The second-order valence-electron chi connectivity index (χ2n) is 4.75. The summed E-state index contributed by atoms with van der Waals surface area (Å²) in [6, 6.07) is 5.74. The Morgan fingerprint density at radius 1 is 1.35 bits per heavy atom. The van der Waals surface area contributed by atoms with E-state index in [4.69, 9.17) is 5.11 Å². The van der Waals surface area contributed by atoms with E-state index in [1.807, 2.05) is 12.1 Å². The molecule has 0 radical (unpaired) electrons. The molecule has 0 unspecified atom stereocenters. The van der Waals surface area contributed by atoms with Gasteiger partial charge in [-0.25, -0.2) is 0 Å². The Bertz CT molecular complexity index is 415. The maximum absolute atomic E-state index is 11.9. The highest BCUT2D eigenvalue weighted by molar-refractivity contribution is 5.94. The van der Waals surface area contributed by atoms with Crippen molar-refractivity contribution in [1.82, 2.24) is 5.32 Å². The second kappa shape index (κ2) is 5.32. The third-order valence-corrected chi connectivity index (χ3v) is 3.26. The second-order valence-corrected chi connectivity index (χ2v) is 4.75. The average Bonchev–Trinajstić information content (AvgIpc) is 2.38. The van der Waals surface area contributed by atoms with Gasteiger partial charge in [0.1, 0.15) is 0 Å². The Morgan fingerprint density at radius 2 is 2.06 bits per heavy atom. The van der Waals surface area contributed by atoms with Crippen LogP contribution in [0.1, 0.15) is 41.3 Å². The molecule has 1 aromatic rings. The fourth-order valence-electron chi connectivity index (χ4n) is 2.23. The van der Waals surface area contributed by atoms with Crippen molar-refractivity contribution in [3.8, 4) is 0 Å². The molecule has 0 saturated heterocycles. The normalized spacial score (nSPS) is 16.1. The lowest BCUT2D eigenvalue weighted by Gasteiger charge is -2.17. The van der Waals surface area contributed by atoms with Crippen molar-refractivity contribution in [2.24, 2.45) is 0 Å². The molecule has 0 saturated carbocycles. The summed E-state index contributed by atoms with van der Waals surface area (Å²) in [6.45, 7) is 1.76. The number of nitrogens with one attached hydrogen (secondary N) is 1.